The molecule has 114 valence electrons. The van der Waals surface area contributed by atoms with Crippen LogP contribution in [0.15, 0.2) is 6.33 Å². The van der Waals surface area contributed by atoms with Crippen molar-refractivity contribution in [1.82, 2.24) is 29.7 Å². The molecular weight excluding hydrogens is 270 g/mol. The summed E-state index contributed by atoms with van der Waals surface area (Å²) in [6.45, 7) is 3.42. The van der Waals surface area contributed by atoms with Gasteiger partial charge in [-0.2, -0.15) is 20.1 Å². The van der Waals surface area contributed by atoms with Crippen LogP contribution in [0.4, 0.5) is 17.8 Å². The molecule has 2 N–H and O–H groups in total. The smallest absolute Gasteiger partial charge is 0.231 e. The lowest BCUT2D eigenvalue weighted by molar-refractivity contribution is 0.741. The van der Waals surface area contributed by atoms with E-state index in [1.807, 2.05) is 33.0 Å². The van der Waals surface area contributed by atoms with Crippen molar-refractivity contribution in [3.8, 4) is 0 Å². The third-order valence-electron chi connectivity index (χ3n) is 2.64. The molecule has 21 heavy (non-hydrogen) atoms. The molecule has 0 fully saturated rings. The van der Waals surface area contributed by atoms with E-state index in [0.717, 1.165) is 12.4 Å². The van der Waals surface area contributed by atoms with Gasteiger partial charge >= 0.3 is 0 Å². The molecule has 0 spiro atoms. The van der Waals surface area contributed by atoms with Gasteiger partial charge in [-0.1, -0.05) is 0 Å². The Labute approximate surface area is 123 Å². The number of hydrogen-bond donors (Lipinski definition) is 2. The van der Waals surface area contributed by atoms with Crippen LogP contribution in [0.3, 0.4) is 0 Å². The summed E-state index contributed by atoms with van der Waals surface area (Å²) < 4.78 is 1.69. The summed E-state index contributed by atoms with van der Waals surface area (Å²) in [5.74, 6) is 2.51. The minimum absolute atomic E-state index is 0.542. The lowest BCUT2D eigenvalue weighted by Crippen LogP contribution is -2.18. The van der Waals surface area contributed by atoms with Gasteiger partial charge in [0.1, 0.15) is 6.33 Å². The largest absolute Gasteiger partial charge is 0.354 e. The van der Waals surface area contributed by atoms with Crippen LogP contribution in [0.25, 0.3) is 0 Å². The Kier molecular flexibility index (Phi) is 4.85. The van der Waals surface area contributed by atoms with Gasteiger partial charge in [-0.05, 0) is 6.92 Å². The van der Waals surface area contributed by atoms with E-state index in [4.69, 9.17) is 0 Å². The normalized spacial score (nSPS) is 10.5. The van der Waals surface area contributed by atoms with Gasteiger partial charge in [0.05, 0.1) is 0 Å². The molecule has 0 aliphatic heterocycles. The molecule has 0 aromatic carbocycles. The third kappa shape index (κ3) is 4.26. The van der Waals surface area contributed by atoms with Crippen molar-refractivity contribution in [2.45, 2.75) is 13.3 Å². The van der Waals surface area contributed by atoms with E-state index in [2.05, 4.69) is 35.7 Å². The fourth-order valence-corrected chi connectivity index (χ4v) is 1.67. The Hall–Kier alpha value is -2.45. The van der Waals surface area contributed by atoms with Gasteiger partial charge in [-0.15, -0.1) is 0 Å². The number of aromatic nitrogens is 6. The molecule has 0 bridgehead atoms. The van der Waals surface area contributed by atoms with Crippen LogP contribution in [-0.2, 0) is 13.5 Å². The molecule has 2 heterocycles. The van der Waals surface area contributed by atoms with Crippen LogP contribution in [-0.4, -0.2) is 56.9 Å². The van der Waals surface area contributed by atoms with Crippen LogP contribution in [0.5, 0.6) is 0 Å². The molecule has 2 aromatic heterocycles. The molecule has 0 aliphatic rings. The zero-order valence-electron chi connectivity index (χ0n) is 12.8. The lowest BCUT2D eigenvalue weighted by Gasteiger charge is -2.13. The van der Waals surface area contributed by atoms with Crippen LogP contribution < -0.4 is 15.5 Å². The zero-order chi connectivity index (χ0) is 15.2. The van der Waals surface area contributed by atoms with Crippen LogP contribution >= 0.6 is 0 Å². The molecule has 0 unspecified atom stereocenters. The van der Waals surface area contributed by atoms with Crippen molar-refractivity contribution in [3.05, 3.63) is 12.2 Å². The number of nitrogens with one attached hydrogen (secondary N) is 2. The molecule has 9 heteroatoms. The Morgan fingerprint density at radius 3 is 2.43 bits per heavy atom. The lowest BCUT2D eigenvalue weighted by atomic mass is 10.4. The molecule has 2 aromatic rings. The van der Waals surface area contributed by atoms with Crippen LogP contribution in [0.2, 0.25) is 0 Å². The average Bonchev–Trinajstić information content (AvgIpc) is 2.84. The highest BCUT2D eigenvalue weighted by Gasteiger charge is 2.07. The van der Waals surface area contributed by atoms with Gasteiger partial charge < -0.3 is 15.5 Å². The van der Waals surface area contributed by atoms with Gasteiger partial charge in [-0.25, -0.2) is 4.98 Å². The fraction of sp³-hybridized carbons (Fsp3) is 0.583. The first kappa shape index (κ1) is 14.9. The minimum Gasteiger partial charge on any atom is -0.354 e. The summed E-state index contributed by atoms with van der Waals surface area (Å²) in [7, 11) is 5.64. The maximum atomic E-state index is 4.36. The Morgan fingerprint density at radius 2 is 1.86 bits per heavy atom. The minimum atomic E-state index is 0.542. The number of rotatable bonds is 7. The van der Waals surface area contributed by atoms with E-state index in [1.54, 1.807) is 11.0 Å². The van der Waals surface area contributed by atoms with Crippen molar-refractivity contribution in [2.24, 2.45) is 7.05 Å². The van der Waals surface area contributed by atoms with Crippen molar-refractivity contribution in [1.29, 1.82) is 0 Å². The van der Waals surface area contributed by atoms with E-state index in [-0.39, 0.29) is 0 Å². The maximum absolute atomic E-state index is 4.36. The number of hydrogen-bond acceptors (Lipinski definition) is 8. The number of nitrogens with zero attached hydrogens (tertiary/aromatic N) is 7. The quantitative estimate of drug-likeness (QED) is 0.744. The molecule has 9 nitrogen and oxygen atoms in total. The molecule has 0 radical (unpaired) electrons. The van der Waals surface area contributed by atoms with Crippen molar-refractivity contribution in [3.63, 3.8) is 0 Å². The van der Waals surface area contributed by atoms with Gasteiger partial charge in [0, 0.05) is 40.7 Å². The zero-order valence-corrected chi connectivity index (χ0v) is 12.8. The van der Waals surface area contributed by atoms with Crippen molar-refractivity contribution >= 4 is 17.8 Å². The molecule has 0 atom stereocenters. The van der Waals surface area contributed by atoms with Gasteiger partial charge in [0.15, 0.2) is 5.82 Å². The van der Waals surface area contributed by atoms with Gasteiger partial charge in [0.25, 0.3) is 0 Å². The molecule has 0 aliphatic carbocycles. The molecular formula is C12H21N9. The monoisotopic (exact) mass is 291 g/mol. The predicted octanol–water partition coefficient (Wildman–Crippen LogP) is 0.153. The Balaban J connectivity index is 2.00. The first-order valence-electron chi connectivity index (χ1n) is 6.84. The Bertz CT molecular complexity index is 578. The molecule has 2 rings (SSSR count). The number of aryl methyl sites for hydroxylation is 1. The predicted molar refractivity (Wildman–Crippen MR) is 81.5 cm³/mol. The van der Waals surface area contributed by atoms with Crippen LogP contribution in [0, 0.1) is 0 Å². The summed E-state index contributed by atoms with van der Waals surface area (Å²) in [4.78, 5) is 19.0. The first-order valence-corrected chi connectivity index (χ1v) is 6.84. The van der Waals surface area contributed by atoms with Crippen molar-refractivity contribution in [2.75, 3.05) is 42.7 Å². The first-order chi connectivity index (χ1) is 10.1. The maximum Gasteiger partial charge on any atom is 0.231 e. The second-order valence-electron chi connectivity index (χ2n) is 4.72. The summed E-state index contributed by atoms with van der Waals surface area (Å²) in [6, 6.07) is 0. The standard InChI is InChI=1S/C12H21N9/c1-5-13-10-16-11(18-12(17-10)20(2)3)14-7-6-9-15-8-21(4)19-9/h8H,5-7H2,1-4H3,(H2,13,14,16,17,18). The summed E-state index contributed by atoms with van der Waals surface area (Å²) in [5, 5.41) is 10.5. The SMILES string of the molecule is CCNc1nc(NCCc2ncn(C)n2)nc(N(C)C)n1. The summed E-state index contributed by atoms with van der Waals surface area (Å²) in [5.41, 5.74) is 0. The van der Waals surface area contributed by atoms with Gasteiger partial charge in [0.2, 0.25) is 17.8 Å². The summed E-state index contributed by atoms with van der Waals surface area (Å²) >= 11 is 0. The second-order valence-corrected chi connectivity index (χ2v) is 4.72. The fourth-order valence-electron chi connectivity index (χ4n) is 1.67. The van der Waals surface area contributed by atoms with E-state index in [0.29, 0.717) is 30.8 Å². The number of anilines is 3. The van der Waals surface area contributed by atoms with E-state index >= 15 is 0 Å². The van der Waals surface area contributed by atoms with E-state index < -0.39 is 0 Å². The average molecular weight is 291 g/mol. The highest BCUT2D eigenvalue weighted by Crippen LogP contribution is 2.11. The second kappa shape index (κ2) is 6.82. The molecule has 0 amide bonds. The van der Waals surface area contributed by atoms with Crippen LogP contribution in [0.1, 0.15) is 12.7 Å². The van der Waals surface area contributed by atoms with Crippen molar-refractivity contribution < 1.29 is 0 Å². The Morgan fingerprint density at radius 1 is 1.14 bits per heavy atom. The third-order valence-corrected chi connectivity index (χ3v) is 2.64. The summed E-state index contributed by atoms with van der Waals surface area (Å²) in [6.07, 6.45) is 2.39. The highest BCUT2D eigenvalue weighted by atomic mass is 15.3. The molecule has 0 saturated heterocycles. The van der Waals surface area contributed by atoms with E-state index in [1.165, 1.54) is 0 Å². The van der Waals surface area contributed by atoms with Gasteiger partial charge in [-0.3, -0.25) is 4.68 Å². The molecule has 0 saturated carbocycles. The topological polar surface area (TPSA) is 96.7 Å². The van der Waals surface area contributed by atoms with E-state index in [9.17, 15) is 0 Å². The highest BCUT2D eigenvalue weighted by molar-refractivity contribution is 5.42.